The Bertz CT molecular complexity index is 1440. The number of nitrogens with zero attached hydrogens (tertiary/aromatic N) is 1. The van der Waals surface area contributed by atoms with Crippen LogP contribution < -0.4 is 9.50 Å². The van der Waals surface area contributed by atoms with Crippen molar-refractivity contribution in [3.8, 4) is 17.0 Å². The Balaban J connectivity index is 1.91. The van der Waals surface area contributed by atoms with Crippen LogP contribution in [0, 0.1) is 0 Å². The second-order valence-electron chi connectivity index (χ2n) is 8.59. The highest BCUT2D eigenvalue weighted by molar-refractivity contribution is 7.87. The number of amides is 1. The van der Waals surface area contributed by atoms with Gasteiger partial charge in [0, 0.05) is 10.9 Å². The van der Waals surface area contributed by atoms with Crippen molar-refractivity contribution in [1.82, 2.24) is 10.3 Å². The van der Waals surface area contributed by atoms with Crippen LogP contribution in [0.15, 0.2) is 84.9 Å². The first kappa shape index (κ1) is 25.4. The highest BCUT2D eigenvalue weighted by atomic mass is 32.2. The summed E-state index contributed by atoms with van der Waals surface area (Å²) in [7, 11) is -3.96. The topological polar surface area (TPSA) is 85.4 Å². The summed E-state index contributed by atoms with van der Waals surface area (Å²) in [6, 6.07) is 25.8. The van der Waals surface area contributed by atoms with Gasteiger partial charge in [0.05, 0.1) is 22.9 Å². The quantitative estimate of drug-likeness (QED) is 0.258. The van der Waals surface area contributed by atoms with Crippen LogP contribution in [0.3, 0.4) is 0 Å². The first-order valence-electron chi connectivity index (χ1n) is 12.2. The lowest BCUT2D eigenvalue weighted by atomic mass is 10.00. The number of rotatable bonds is 10. The molecule has 0 bridgehead atoms. The van der Waals surface area contributed by atoms with E-state index in [1.165, 1.54) is 0 Å². The van der Waals surface area contributed by atoms with Crippen LogP contribution in [-0.4, -0.2) is 25.1 Å². The van der Waals surface area contributed by atoms with Gasteiger partial charge in [0.15, 0.2) is 5.75 Å². The van der Waals surface area contributed by atoms with Crippen molar-refractivity contribution in [2.75, 3.05) is 5.75 Å². The molecule has 36 heavy (non-hydrogen) atoms. The van der Waals surface area contributed by atoms with E-state index in [0.717, 1.165) is 5.56 Å². The van der Waals surface area contributed by atoms with Crippen molar-refractivity contribution in [2.45, 2.75) is 39.2 Å². The second-order valence-corrected chi connectivity index (χ2v) is 10.3. The Morgan fingerprint density at radius 3 is 2.22 bits per heavy atom. The molecule has 1 heterocycles. The standard InChI is InChI=1S/C29H30N2O4S/c1-3-5-20-36(33,34)35-28-26(29(32)31-24(4-2)21-14-8-6-9-15-21)23-18-12-13-19-25(23)30-27(28)22-16-10-7-11-17-22/h6-19,24H,3-5,20H2,1-2H3,(H,31,32)/t24-/m0/s1. The van der Waals surface area contributed by atoms with E-state index < -0.39 is 16.0 Å². The molecule has 6 nitrogen and oxygen atoms in total. The summed E-state index contributed by atoms with van der Waals surface area (Å²) in [6.07, 6.45) is 1.82. The maximum Gasteiger partial charge on any atom is 0.309 e. The summed E-state index contributed by atoms with van der Waals surface area (Å²) < 4.78 is 31.7. The lowest BCUT2D eigenvalue weighted by molar-refractivity contribution is 0.0935. The number of para-hydroxylation sites is 1. The van der Waals surface area contributed by atoms with Crippen molar-refractivity contribution in [3.05, 3.63) is 96.1 Å². The number of hydrogen-bond donors (Lipinski definition) is 1. The SMILES string of the molecule is CCCCS(=O)(=O)Oc1c(-c2ccccc2)nc2ccccc2c1C(=O)N[C@@H](CC)c1ccccc1. The van der Waals surface area contributed by atoms with Crippen molar-refractivity contribution in [2.24, 2.45) is 0 Å². The van der Waals surface area contributed by atoms with Crippen LogP contribution in [0.2, 0.25) is 0 Å². The zero-order valence-corrected chi connectivity index (χ0v) is 21.3. The van der Waals surface area contributed by atoms with Gasteiger partial charge in [-0.15, -0.1) is 0 Å². The molecule has 1 N–H and O–H groups in total. The molecule has 3 aromatic carbocycles. The van der Waals surface area contributed by atoms with Crippen molar-refractivity contribution >= 4 is 26.9 Å². The third-order valence-electron chi connectivity index (χ3n) is 6.00. The maximum absolute atomic E-state index is 13.9. The highest BCUT2D eigenvalue weighted by Gasteiger charge is 2.28. The number of carbonyl (C=O) groups excluding carboxylic acids is 1. The van der Waals surface area contributed by atoms with Gasteiger partial charge in [-0.3, -0.25) is 4.79 Å². The zero-order valence-electron chi connectivity index (χ0n) is 20.5. The molecule has 1 atom stereocenters. The fourth-order valence-corrected chi connectivity index (χ4v) is 5.26. The van der Waals surface area contributed by atoms with Gasteiger partial charge in [-0.2, -0.15) is 8.42 Å². The number of unbranched alkanes of at least 4 members (excludes halogenated alkanes) is 1. The molecule has 0 aliphatic rings. The number of nitrogens with one attached hydrogen (secondary N) is 1. The molecule has 0 fully saturated rings. The normalized spacial score (nSPS) is 12.3. The number of benzene rings is 3. The predicted octanol–water partition coefficient (Wildman–Crippen LogP) is 6.29. The summed E-state index contributed by atoms with van der Waals surface area (Å²) in [5, 5.41) is 3.62. The zero-order chi connectivity index (χ0) is 25.5. The predicted molar refractivity (Wildman–Crippen MR) is 143 cm³/mol. The van der Waals surface area contributed by atoms with Gasteiger partial charge in [-0.05, 0) is 24.5 Å². The number of fused-ring (bicyclic) bond motifs is 1. The number of pyridine rings is 1. The van der Waals surface area contributed by atoms with E-state index in [9.17, 15) is 13.2 Å². The van der Waals surface area contributed by atoms with Crippen molar-refractivity contribution in [3.63, 3.8) is 0 Å². The van der Waals surface area contributed by atoms with E-state index >= 15 is 0 Å². The third-order valence-corrected chi connectivity index (χ3v) is 7.21. The molecule has 186 valence electrons. The third kappa shape index (κ3) is 5.74. The molecule has 0 unspecified atom stereocenters. The van der Waals surface area contributed by atoms with Crippen LogP contribution in [0.25, 0.3) is 22.2 Å². The van der Waals surface area contributed by atoms with Crippen LogP contribution in [0.1, 0.15) is 55.1 Å². The maximum atomic E-state index is 13.9. The Morgan fingerprint density at radius 1 is 0.917 bits per heavy atom. The molecule has 1 amide bonds. The summed E-state index contributed by atoms with van der Waals surface area (Å²) in [5.41, 5.74) is 2.68. The van der Waals surface area contributed by atoms with E-state index in [-0.39, 0.29) is 23.1 Å². The van der Waals surface area contributed by atoms with Gasteiger partial charge in [0.2, 0.25) is 0 Å². The summed E-state index contributed by atoms with van der Waals surface area (Å²) in [6.45, 7) is 3.90. The smallest absolute Gasteiger partial charge is 0.309 e. The average Bonchev–Trinajstić information content (AvgIpc) is 2.90. The lowest BCUT2D eigenvalue weighted by Crippen LogP contribution is -2.29. The molecule has 0 saturated carbocycles. The van der Waals surface area contributed by atoms with Crippen molar-refractivity contribution < 1.29 is 17.4 Å². The Kier molecular flexibility index (Phi) is 8.00. The van der Waals surface area contributed by atoms with Gasteiger partial charge in [0.1, 0.15) is 5.69 Å². The largest absolute Gasteiger partial charge is 0.379 e. The van der Waals surface area contributed by atoms with Crippen LogP contribution in [-0.2, 0) is 10.1 Å². The van der Waals surface area contributed by atoms with Gasteiger partial charge in [-0.1, -0.05) is 99.1 Å². The molecule has 0 saturated heterocycles. The number of carbonyl (C=O) groups is 1. The van der Waals surface area contributed by atoms with Crippen molar-refractivity contribution in [1.29, 1.82) is 0 Å². The lowest BCUT2D eigenvalue weighted by Gasteiger charge is -2.21. The average molecular weight is 503 g/mol. The molecule has 4 aromatic rings. The fraction of sp³-hybridized carbons (Fsp3) is 0.241. The second kappa shape index (κ2) is 11.4. The molecular formula is C29H30N2O4S. The van der Waals surface area contributed by atoms with E-state index in [4.69, 9.17) is 9.17 Å². The molecule has 0 aliphatic carbocycles. The van der Waals surface area contributed by atoms with E-state index in [2.05, 4.69) is 5.32 Å². The molecule has 0 radical (unpaired) electrons. The monoisotopic (exact) mass is 502 g/mol. The first-order chi connectivity index (χ1) is 17.4. The van der Waals surface area contributed by atoms with E-state index in [1.807, 2.05) is 86.6 Å². The minimum absolute atomic E-state index is 0.0450. The Hall–Kier alpha value is -3.71. The Morgan fingerprint density at radius 2 is 1.56 bits per heavy atom. The summed E-state index contributed by atoms with van der Waals surface area (Å²) in [4.78, 5) is 18.6. The summed E-state index contributed by atoms with van der Waals surface area (Å²) >= 11 is 0. The van der Waals surface area contributed by atoms with Gasteiger partial charge >= 0.3 is 10.1 Å². The molecule has 0 aliphatic heterocycles. The van der Waals surface area contributed by atoms with Gasteiger partial charge < -0.3 is 9.50 Å². The molecule has 4 rings (SSSR count). The van der Waals surface area contributed by atoms with Crippen LogP contribution in [0.4, 0.5) is 0 Å². The molecular weight excluding hydrogens is 472 g/mol. The molecule has 7 heteroatoms. The molecule has 1 aromatic heterocycles. The van der Waals surface area contributed by atoms with Crippen LogP contribution in [0.5, 0.6) is 5.75 Å². The Labute approximate surface area is 212 Å². The summed E-state index contributed by atoms with van der Waals surface area (Å²) in [5.74, 6) is -0.605. The molecule has 0 spiro atoms. The minimum Gasteiger partial charge on any atom is -0.379 e. The minimum atomic E-state index is -3.96. The van der Waals surface area contributed by atoms with E-state index in [0.29, 0.717) is 41.4 Å². The van der Waals surface area contributed by atoms with Crippen LogP contribution >= 0.6 is 0 Å². The first-order valence-corrected chi connectivity index (χ1v) is 13.8. The number of hydrogen-bond acceptors (Lipinski definition) is 5. The number of aromatic nitrogens is 1. The fourth-order valence-electron chi connectivity index (χ4n) is 4.12. The van der Waals surface area contributed by atoms with Gasteiger partial charge in [0.25, 0.3) is 5.91 Å². The van der Waals surface area contributed by atoms with E-state index in [1.54, 1.807) is 12.1 Å². The highest BCUT2D eigenvalue weighted by Crippen LogP contribution is 2.38. The van der Waals surface area contributed by atoms with Gasteiger partial charge in [-0.25, -0.2) is 4.98 Å².